The molecule has 0 N–H and O–H groups in total. The Morgan fingerprint density at radius 2 is 2.18 bits per heavy atom. The predicted molar refractivity (Wildman–Crippen MR) is 75.2 cm³/mol. The third-order valence-corrected chi connectivity index (χ3v) is 3.34. The van der Waals surface area contributed by atoms with Gasteiger partial charge in [-0.1, -0.05) is 5.16 Å². The molecule has 116 valence electrons. The Morgan fingerprint density at radius 3 is 2.86 bits per heavy atom. The lowest BCUT2D eigenvalue weighted by molar-refractivity contribution is -0.142. The number of ether oxygens (including phenoxy) is 3. The molecule has 2 aromatic rings. The van der Waals surface area contributed by atoms with Crippen LogP contribution >= 0.6 is 0 Å². The van der Waals surface area contributed by atoms with Crippen LogP contribution in [-0.4, -0.2) is 36.4 Å². The molecule has 1 saturated heterocycles. The largest absolute Gasteiger partial charge is 0.482 e. The molecule has 0 spiro atoms. The van der Waals surface area contributed by atoms with E-state index >= 15 is 0 Å². The maximum atomic E-state index is 11.0. The molecule has 0 amide bonds. The van der Waals surface area contributed by atoms with Crippen LogP contribution in [0.1, 0.15) is 24.8 Å². The Bertz CT molecular complexity index is 632. The van der Waals surface area contributed by atoms with Crippen molar-refractivity contribution in [3.63, 3.8) is 0 Å². The van der Waals surface area contributed by atoms with Gasteiger partial charge in [0.15, 0.2) is 6.61 Å². The fourth-order valence-corrected chi connectivity index (χ4v) is 2.16. The molecule has 22 heavy (non-hydrogen) atoms. The van der Waals surface area contributed by atoms with Gasteiger partial charge < -0.3 is 18.7 Å². The molecule has 0 saturated carbocycles. The highest BCUT2D eigenvalue weighted by Gasteiger charge is 2.24. The van der Waals surface area contributed by atoms with Crippen molar-refractivity contribution in [2.45, 2.75) is 18.9 Å². The van der Waals surface area contributed by atoms with E-state index in [1.165, 1.54) is 7.11 Å². The van der Waals surface area contributed by atoms with E-state index in [0.29, 0.717) is 17.5 Å². The van der Waals surface area contributed by atoms with E-state index in [4.69, 9.17) is 14.0 Å². The van der Waals surface area contributed by atoms with Crippen molar-refractivity contribution in [3.8, 4) is 17.1 Å². The highest BCUT2D eigenvalue weighted by molar-refractivity contribution is 5.70. The van der Waals surface area contributed by atoms with Crippen LogP contribution in [0.4, 0.5) is 0 Å². The molecular formula is C15H16N2O5. The zero-order valence-corrected chi connectivity index (χ0v) is 12.2. The lowest BCUT2D eigenvalue weighted by Gasteiger charge is -2.04. The summed E-state index contributed by atoms with van der Waals surface area (Å²) in [7, 11) is 1.32. The van der Waals surface area contributed by atoms with E-state index in [1.54, 1.807) is 24.3 Å². The number of carbonyl (C=O) groups is 1. The summed E-state index contributed by atoms with van der Waals surface area (Å²) >= 11 is 0. The standard InChI is InChI=1S/C15H16N2O5/c1-19-13(18)9-21-11-6-4-10(5-7-11)14-16-15(22-17-14)12-3-2-8-20-12/h4-7,12H,2-3,8-9H2,1H3/t12-/m1/s1. The molecule has 1 aromatic carbocycles. The van der Waals surface area contributed by atoms with Gasteiger partial charge in [-0.15, -0.1) is 0 Å². The van der Waals surface area contributed by atoms with E-state index < -0.39 is 5.97 Å². The normalized spacial score (nSPS) is 17.4. The third-order valence-electron chi connectivity index (χ3n) is 3.34. The Labute approximate surface area is 127 Å². The number of aromatic nitrogens is 2. The van der Waals surface area contributed by atoms with Gasteiger partial charge >= 0.3 is 5.97 Å². The highest BCUT2D eigenvalue weighted by Crippen LogP contribution is 2.29. The van der Waals surface area contributed by atoms with Crippen molar-refractivity contribution in [3.05, 3.63) is 30.2 Å². The summed E-state index contributed by atoms with van der Waals surface area (Å²) < 4.78 is 20.5. The van der Waals surface area contributed by atoms with Crippen molar-refractivity contribution in [1.29, 1.82) is 0 Å². The maximum absolute atomic E-state index is 11.0. The molecular weight excluding hydrogens is 288 g/mol. The van der Waals surface area contributed by atoms with Gasteiger partial charge in [0.05, 0.1) is 7.11 Å². The monoisotopic (exact) mass is 304 g/mol. The zero-order chi connectivity index (χ0) is 15.4. The smallest absolute Gasteiger partial charge is 0.343 e. The van der Waals surface area contributed by atoms with Crippen LogP contribution in [0.15, 0.2) is 28.8 Å². The van der Waals surface area contributed by atoms with E-state index in [1.807, 2.05) is 0 Å². The molecule has 2 heterocycles. The first-order valence-electron chi connectivity index (χ1n) is 7.01. The van der Waals surface area contributed by atoms with Crippen LogP contribution in [0.5, 0.6) is 5.75 Å². The topological polar surface area (TPSA) is 83.7 Å². The average Bonchev–Trinajstić information content (AvgIpc) is 3.23. The minimum Gasteiger partial charge on any atom is -0.482 e. The average molecular weight is 304 g/mol. The van der Waals surface area contributed by atoms with Crippen LogP contribution in [0.2, 0.25) is 0 Å². The molecule has 1 fully saturated rings. The molecule has 1 aromatic heterocycles. The molecule has 1 aliphatic rings. The minimum atomic E-state index is -0.427. The maximum Gasteiger partial charge on any atom is 0.343 e. The number of carbonyl (C=O) groups excluding carboxylic acids is 1. The fourth-order valence-electron chi connectivity index (χ4n) is 2.16. The summed E-state index contributed by atoms with van der Waals surface area (Å²) in [4.78, 5) is 15.4. The Hall–Kier alpha value is -2.41. The van der Waals surface area contributed by atoms with Crippen LogP contribution in [0.25, 0.3) is 11.4 Å². The molecule has 3 rings (SSSR count). The van der Waals surface area contributed by atoms with E-state index in [2.05, 4.69) is 14.9 Å². The summed E-state index contributed by atoms with van der Waals surface area (Å²) in [5, 5.41) is 3.97. The third kappa shape index (κ3) is 3.25. The Morgan fingerprint density at radius 1 is 1.36 bits per heavy atom. The van der Waals surface area contributed by atoms with Gasteiger partial charge in [-0.2, -0.15) is 4.98 Å². The number of nitrogens with zero attached hydrogens (tertiary/aromatic N) is 2. The number of hydrogen-bond acceptors (Lipinski definition) is 7. The van der Waals surface area contributed by atoms with Gasteiger partial charge in [-0.25, -0.2) is 4.79 Å². The number of rotatable bonds is 5. The molecule has 0 radical (unpaired) electrons. The molecule has 7 heteroatoms. The lowest BCUT2D eigenvalue weighted by atomic mass is 10.2. The first-order chi connectivity index (χ1) is 10.8. The number of methoxy groups -OCH3 is 1. The van der Waals surface area contributed by atoms with E-state index in [-0.39, 0.29) is 12.7 Å². The van der Waals surface area contributed by atoms with Gasteiger partial charge in [-0.05, 0) is 37.1 Å². The molecule has 1 aliphatic heterocycles. The minimum absolute atomic E-state index is 0.0936. The predicted octanol–water partition coefficient (Wildman–Crippen LogP) is 2.14. The van der Waals surface area contributed by atoms with Gasteiger partial charge in [-0.3, -0.25) is 0 Å². The first-order valence-corrected chi connectivity index (χ1v) is 7.01. The summed E-state index contributed by atoms with van der Waals surface area (Å²) in [6, 6.07) is 7.08. The summed E-state index contributed by atoms with van der Waals surface area (Å²) in [6.07, 6.45) is 1.82. The van der Waals surface area contributed by atoms with Gasteiger partial charge in [0, 0.05) is 12.2 Å². The summed E-state index contributed by atoms with van der Waals surface area (Å²) in [6.45, 7) is 0.607. The van der Waals surface area contributed by atoms with Crippen molar-refractivity contribution >= 4 is 5.97 Å². The second-order valence-electron chi connectivity index (χ2n) is 4.85. The van der Waals surface area contributed by atoms with Crippen LogP contribution in [0, 0.1) is 0 Å². The van der Waals surface area contributed by atoms with Crippen molar-refractivity contribution in [1.82, 2.24) is 10.1 Å². The number of benzene rings is 1. The van der Waals surface area contributed by atoms with Crippen LogP contribution < -0.4 is 4.74 Å². The van der Waals surface area contributed by atoms with Crippen molar-refractivity contribution in [2.24, 2.45) is 0 Å². The number of hydrogen-bond donors (Lipinski definition) is 0. The summed E-state index contributed by atoms with van der Waals surface area (Å²) in [5.41, 5.74) is 0.804. The van der Waals surface area contributed by atoms with E-state index in [9.17, 15) is 4.79 Å². The second-order valence-corrected chi connectivity index (χ2v) is 4.85. The Balaban J connectivity index is 1.66. The highest BCUT2D eigenvalue weighted by atomic mass is 16.6. The fraction of sp³-hybridized carbons (Fsp3) is 0.400. The zero-order valence-electron chi connectivity index (χ0n) is 12.2. The molecule has 1 atom stereocenters. The summed E-state index contributed by atoms with van der Waals surface area (Å²) in [5.74, 6) is 1.16. The van der Waals surface area contributed by atoms with Crippen LogP contribution in [-0.2, 0) is 14.3 Å². The Kier molecular flexibility index (Phi) is 4.34. The van der Waals surface area contributed by atoms with Crippen molar-refractivity contribution in [2.75, 3.05) is 20.3 Å². The van der Waals surface area contributed by atoms with E-state index in [0.717, 1.165) is 25.0 Å². The number of esters is 1. The molecule has 7 nitrogen and oxygen atoms in total. The molecule has 0 unspecified atom stereocenters. The van der Waals surface area contributed by atoms with Gasteiger partial charge in [0.1, 0.15) is 11.9 Å². The van der Waals surface area contributed by atoms with Crippen molar-refractivity contribution < 1.29 is 23.5 Å². The lowest BCUT2D eigenvalue weighted by Crippen LogP contribution is -2.12. The second kappa shape index (κ2) is 6.57. The van der Waals surface area contributed by atoms with Crippen LogP contribution in [0.3, 0.4) is 0 Å². The van der Waals surface area contributed by atoms with Gasteiger partial charge in [0.2, 0.25) is 5.82 Å². The quantitative estimate of drug-likeness (QED) is 0.782. The SMILES string of the molecule is COC(=O)COc1ccc(-c2noc([C@H]3CCCO3)n2)cc1. The molecule has 0 bridgehead atoms. The first kappa shape index (κ1) is 14.5. The molecule has 0 aliphatic carbocycles. The van der Waals surface area contributed by atoms with Gasteiger partial charge in [0.25, 0.3) is 5.89 Å².